The third kappa shape index (κ3) is 2.94. The average molecular weight is 272 g/mol. The third-order valence-electron chi connectivity index (χ3n) is 2.73. The molecule has 0 radical (unpaired) electrons. The molecule has 0 saturated carbocycles. The molecule has 0 aliphatic heterocycles. The highest BCUT2D eigenvalue weighted by Gasteiger charge is 2.40. The van der Waals surface area contributed by atoms with Gasteiger partial charge in [0.2, 0.25) is 0 Å². The molecule has 102 valence electrons. The first-order valence-corrected chi connectivity index (χ1v) is 5.66. The van der Waals surface area contributed by atoms with Gasteiger partial charge in [-0.2, -0.15) is 8.78 Å². The quantitative estimate of drug-likeness (QED) is 0.855. The van der Waals surface area contributed by atoms with E-state index >= 15 is 0 Å². The number of benzene rings is 1. The summed E-state index contributed by atoms with van der Waals surface area (Å²) in [5, 5.41) is 3.15. The van der Waals surface area contributed by atoms with E-state index in [4.69, 9.17) is 0 Å². The van der Waals surface area contributed by atoms with E-state index in [0.717, 1.165) is 5.39 Å². The van der Waals surface area contributed by atoms with Gasteiger partial charge in [-0.3, -0.25) is 0 Å². The van der Waals surface area contributed by atoms with Crippen LogP contribution in [0.5, 0.6) is 0 Å². The zero-order valence-corrected chi connectivity index (χ0v) is 10.1. The van der Waals surface area contributed by atoms with Gasteiger partial charge in [0.05, 0.1) is 12.1 Å². The maximum absolute atomic E-state index is 12.8. The Bertz CT molecular complexity index is 584. The zero-order valence-electron chi connectivity index (χ0n) is 10.1. The molecule has 0 bridgehead atoms. The van der Waals surface area contributed by atoms with Crippen LogP contribution >= 0.6 is 0 Å². The predicted octanol–water partition coefficient (Wildman–Crippen LogP) is 3.86. The van der Waals surface area contributed by atoms with Crippen LogP contribution in [-0.2, 0) is 0 Å². The largest absolute Gasteiger partial charge is 0.364 e. The van der Waals surface area contributed by atoms with Crippen LogP contribution in [-0.4, -0.2) is 23.9 Å². The van der Waals surface area contributed by atoms with Gasteiger partial charge in [-0.15, -0.1) is 0 Å². The number of nitrogens with one attached hydrogen (secondary N) is 1. The lowest BCUT2D eigenvalue weighted by molar-refractivity contribution is -0.117. The van der Waals surface area contributed by atoms with Gasteiger partial charge in [0, 0.05) is 5.39 Å². The number of aryl methyl sites for hydroxylation is 1. The normalized spacial score (nSPS) is 12.1. The van der Waals surface area contributed by atoms with Crippen LogP contribution in [0.2, 0.25) is 0 Å². The molecule has 1 aromatic heterocycles. The Hall–Kier alpha value is -1.85. The lowest BCUT2D eigenvalue weighted by Gasteiger charge is -2.17. The van der Waals surface area contributed by atoms with Crippen LogP contribution in [0.25, 0.3) is 10.9 Å². The SMILES string of the molecule is Cc1cc2ccccc2nc1NCC(F)(F)C(F)F. The number of fused-ring (bicyclic) bond motifs is 1. The summed E-state index contributed by atoms with van der Waals surface area (Å²) in [7, 11) is 0. The first-order chi connectivity index (χ1) is 8.90. The summed E-state index contributed by atoms with van der Waals surface area (Å²) >= 11 is 0. The number of alkyl halides is 4. The molecule has 1 aromatic carbocycles. The molecule has 0 atom stereocenters. The van der Waals surface area contributed by atoms with Crippen LogP contribution in [0.3, 0.4) is 0 Å². The molecule has 0 unspecified atom stereocenters. The Morgan fingerprint density at radius 2 is 1.95 bits per heavy atom. The standard InChI is InChI=1S/C13H12F4N2/c1-8-6-9-4-2-3-5-10(9)19-11(8)18-7-13(16,17)12(14)15/h2-6,12H,7H2,1H3,(H,18,19). The summed E-state index contributed by atoms with van der Waals surface area (Å²) in [4.78, 5) is 4.15. The smallest absolute Gasteiger partial charge is 0.324 e. The lowest BCUT2D eigenvalue weighted by Crippen LogP contribution is -2.35. The minimum atomic E-state index is -4.07. The van der Waals surface area contributed by atoms with Crippen molar-refractivity contribution in [2.24, 2.45) is 0 Å². The minimum absolute atomic E-state index is 0.194. The Labute approximate surface area is 107 Å². The number of halogens is 4. The predicted molar refractivity (Wildman–Crippen MR) is 65.9 cm³/mol. The monoisotopic (exact) mass is 272 g/mol. The van der Waals surface area contributed by atoms with Gasteiger partial charge in [-0.05, 0) is 24.6 Å². The van der Waals surface area contributed by atoms with Crippen molar-refractivity contribution in [3.8, 4) is 0 Å². The summed E-state index contributed by atoms with van der Waals surface area (Å²) in [5.41, 5.74) is 1.25. The van der Waals surface area contributed by atoms with Crippen molar-refractivity contribution in [3.05, 3.63) is 35.9 Å². The number of hydrogen-bond donors (Lipinski definition) is 1. The zero-order chi connectivity index (χ0) is 14.0. The summed E-state index contributed by atoms with van der Waals surface area (Å²) in [6.45, 7) is 0.541. The highest BCUT2D eigenvalue weighted by Crippen LogP contribution is 2.25. The highest BCUT2D eigenvalue weighted by molar-refractivity contribution is 5.81. The Balaban J connectivity index is 2.23. The van der Waals surface area contributed by atoms with Gasteiger partial charge in [-0.1, -0.05) is 18.2 Å². The van der Waals surface area contributed by atoms with Crippen molar-refractivity contribution in [2.75, 3.05) is 11.9 Å². The van der Waals surface area contributed by atoms with Crippen molar-refractivity contribution in [2.45, 2.75) is 19.3 Å². The van der Waals surface area contributed by atoms with Crippen molar-refractivity contribution in [1.82, 2.24) is 4.98 Å². The van der Waals surface area contributed by atoms with Gasteiger partial charge in [-0.25, -0.2) is 13.8 Å². The fourth-order valence-corrected chi connectivity index (χ4v) is 1.68. The van der Waals surface area contributed by atoms with Gasteiger partial charge in [0.15, 0.2) is 0 Å². The maximum atomic E-state index is 12.8. The molecule has 0 aliphatic rings. The molecule has 0 fully saturated rings. The summed E-state index contributed by atoms with van der Waals surface area (Å²) < 4.78 is 49.8. The molecule has 0 amide bonds. The molecule has 2 rings (SSSR count). The molecule has 2 nitrogen and oxygen atoms in total. The highest BCUT2D eigenvalue weighted by atomic mass is 19.3. The topological polar surface area (TPSA) is 24.9 Å². The molecule has 0 spiro atoms. The molecule has 1 heterocycles. The first-order valence-electron chi connectivity index (χ1n) is 5.66. The number of anilines is 1. The van der Waals surface area contributed by atoms with E-state index in [1.165, 1.54) is 0 Å². The molecule has 0 aliphatic carbocycles. The van der Waals surface area contributed by atoms with Gasteiger partial charge < -0.3 is 5.32 Å². The Morgan fingerprint density at radius 3 is 2.63 bits per heavy atom. The molecule has 6 heteroatoms. The first kappa shape index (κ1) is 13.6. The second kappa shape index (κ2) is 5.03. The van der Waals surface area contributed by atoms with E-state index in [9.17, 15) is 17.6 Å². The van der Waals surface area contributed by atoms with E-state index in [1.54, 1.807) is 25.1 Å². The number of hydrogen-bond acceptors (Lipinski definition) is 2. The summed E-state index contributed by atoms with van der Waals surface area (Å²) in [6.07, 6.45) is -3.69. The Morgan fingerprint density at radius 1 is 1.26 bits per heavy atom. The van der Waals surface area contributed by atoms with Crippen molar-refractivity contribution in [3.63, 3.8) is 0 Å². The summed E-state index contributed by atoms with van der Waals surface area (Å²) in [6, 6.07) is 8.94. The second-order valence-corrected chi connectivity index (χ2v) is 4.26. The van der Waals surface area contributed by atoms with Gasteiger partial charge in [0.1, 0.15) is 5.82 Å². The summed E-state index contributed by atoms with van der Waals surface area (Å²) in [5.74, 6) is -3.88. The van der Waals surface area contributed by atoms with Crippen molar-refractivity contribution in [1.29, 1.82) is 0 Å². The van der Waals surface area contributed by atoms with Crippen LogP contribution < -0.4 is 5.32 Å². The molecular weight excluding hydrogens is 260 g/mol. The molecule has 2 aromatic rings. The van der Waals surface area contributed by atoms with E-state index in [1.807, 2.05) is 12.1 Å². The van der Waals surface area contributed by atoms with Crippen molar-refractivity contribution >= 4 is 16.7 Å². The van der Waals surface area contributed by atoms with Crippen LogP contribution in [0, 0.1) is 6.92 Å². The van der Waals surface area contributed by atoms with Crippen LogP contribution in [0.15, 0.2) is 30.3 Å². The van der Waals surface area contributed by atoms with Crippen molar-refractivity contribution < 1.29 is 17.6 Å². The molecular formula is C13H12F4N2. The Kier molecular flexibility index (Phi) is 3.59. The average Bonchev–Trinajstić information content (AvgIpc) is 2.36. The number of rotatable bonds is 4. The number of pyridine rings is 1. The van der Waals surface area contributed by atoms with Gasteiger partial charge in [0.25, 0.3) is 0 Å². The lowest BCUT2D eigenvalue weighted by atomic mass is 10.1. The van der Waals surface area contributed by atoms with Gasteiger partial charge >= 0.3 is 12.3 Å². The fraction of sp³-hybridized carbons (Fsp3) is 0.308. The second-order valence-electron chi connectivity index (χ2n) is 4.26. The minimum Gasteiger partial charge on any atom is -0.364 e. The molecule has 1 N–H and O–H groups in total. The molecule has 0 saturated heterocycles. The van der Waals surface area contributed by atoms with Crippen LogP contribution in [0.4, 0.5) is 23.4 Å². The number of aromatic nitrogens is 1. The van der Waals surface area contributed by atoms with Crippen LogP contribution in [0.1, 0.15) is 5.56 Å². The van der Waals surface area contributed by atoms with E-state index in [2.05, 4.69) is 10.3 Å². The van der Waals surface area contributed by atoms with E-state index < -0.39 is 18.9 Å². The van der Waals surface area contributed by atoms with E-state index in [-0.39, 0.29) is 5.82 Å². The number of nitrogens with zero attached hydrogens (tertiary/aromatic N) is 1. The molecule has 19 heavy (non-hydrogen) atoms. The number of para-hydroxylation sites is 1. The maximum Gasteiger partial charge on any atom is 0.324 e. The van der Waals surface area contributed by atoms with E-state index in [0.29, 0.717) is 11.1 Å². The third-order valence-corrected chi connectivity index (χ3v) is 2.73. The fourth-order valence-electron chi connectivity index (χ4n) is 1.68.